The third-order valence-corrected chi connectivity index (χ3v) is 2.66. The molecule has 0 aliphatic heterocycles. The zero-order chi connectivity index (χ0) is 13.1. The first-order valence-corrected chi connectivity index (χ1v) is 5.94. The minimum Gasteiger partial charge on any atom is -0.494 e. The van der Waals surface area contributed by atoms with E-state index in [1.165, 1.54) is 0 Å². The number of rotatable bonds is 4. The number of amidine groups is 1. The number of nitrogens with one attached hydrogen (secondary N) is 1. The number of ether oxygens (including phenoxy) is 1. The molecule has 0 spiro atoms. The van der Waals surface area contributed by atoms with Crippen LogP contribution in [0.4, 0.5) is 0 Å². The largest absolute Gasteiger partial charge is 0.494 e. The summed E-state index contributed by atoms with van der Waals surface area (Å²) in [7, 11) is 0. The first-order valence-electron chi connectivity index (χ1n) is 5.56. The van der Waals surface area contributed by atoms with Crippen molar-refractivity contribution in [3.05, 3.63) is 28.8 Å². The van der Waals surface area contributed by atoms with Crippen LogP contribution in [0.1, 0.15) is 32.8 Å². The van der Waals surface area contributed by atoms with Gasteiger partial charge in [0.1, 0.15) is 11.6 Å². The van der Waals surface area contributed by atoms with Gasteiger partial charge < -0.3 is 10.5 Å². The van der Waals surface area contributed by atoms with Crippen LogP contribution in [-0.2, 0) is 0 Å². The van der Waals surface area contributed by atoms with Gasteiger partial charge in [-0.15, -0.1) is 0 Å². The highest BCUT2D eigenvalue weighted by Gasteiger charge is 2.10. The summed E-state index contributed by atoms with van der Waals surface area (Å²) in [5.41, 5.74) is 6.17. The fourth-order valence-corrected chi connectivity index (χ4v) is 1.55. The molecular weight excluding hydrogens is 236 g/mol. The van der Waals surface area contributed by atoms with Crippen molar-refractivity contribution in [1.29, 1.82) is 5.41 Å². The van der Waals surface area contributed by atoms with E-state index >= 15 is 0 Å². The van der Waals surface area contributed by atoms with Gasteiger partial charge in [-0.2, -0.15) is 0 Å². The summed E-state index contributed by atoms with van der Waals surface area (Å²) in [6.45, 7) is 7.16. The zero-order valence-electron chi connectivity index (χ0n) is 10.5. The van der Waals surface area contributed by atoms with E-state index in [2.05, 4.69) is 20.8 Å². The smallest absolute Gasteiger partial charge is 0.124 e. The van der Waals surface area contributed by atoms with Gasteiger partial charge in [-0.1, -0.05) is 32.4 Å². The fraction of sp³-hybridized carbons (Fsp3) is 0.462. The van der Waals surface area contributed by atoms with Crippen molar-refractivity contribution < 1.29 is 4.74 Å². The molecule has 0 unspecified atom stereocenters. The molecule has 0 heterocycles. The van der Waals surface area contributed by atoms with Crippen LogP contribution >= 0.6 is 11.6 Å². The molecular formula is C13H19ClN2O. The maximum atomic E-state index is 7.32. The molecule has 0 saturated carbocycles. The van der Waals surface area contributed by atoms with Crippen LogP contribution < -0.4 is 10.5 Å². The summed E-state index contributed by atoms with van der Waals surface area (Å²) in [5.74, 6) is 0.681. The summed E-state index contributed by atoms with van der Waals surface area (Å²) in [6.07, 6.45) is 0.971. The van der Waals surface area contributed by atoms with E-state index in [-0.39, 0.29) is 11.3 Å². The van der Waals surface area contributed by atoms with E-state index < -0.39 is 0 Å². The zero-order valence-corrected chi connectivity index (χ0v) is 11.3. The molecule has 0 radical (unpaired) electrons. The van der Waals surface area contributed by atoms with Gasteiger partial charge in [-0.25, -0.2) is 0 Å². The van der Waals surface area contributed by atoms with Crippen LogP contribution in [0.25, 0.3) is 0 Å². The van der Waals surface area contributed by atoms with Gasteiger partial charge in [0.05, 0.1) is 11.6 Å². The Balaban J connectivity index is 2.62. The van der Waals surface area contributed by atoms with Crippen molar-refractivity contribution in [1.82, 2.24) is 0 Å². The topological polar surface area (TPSA) is 59.1 Å². The van der Waals surface area contributed by atoms with Crippen LogP contribution in [0.15, 0.2) is 18.2 Å². The van der Waals surface area contributed by atoms with Crippen molar-refractivity contribution in [2.24, 2.45) is 11.1 Å². The number of halogens is 1. The van der Waals surface area contributed by atoms with Crippen LogP contribution in [0, 0.1) is 10.8 Å². The average Bonchev–Trinajstić information content (AvgIpc) is 2.15. The molecule has 0 bridgehead atoms. The summed E-state index contributed by atoms with van der Waals surface area (Å²) in [4.78, 5) is 0. The maximum Gasteiger partial charge on any atom is 0.124 e. The SMILES string of the molecule is CC(C)(C)CCOc1ccc(C(=N)N)c(Cl)c1. The molecule has 1 aromatic rings. The minimum absolute atomic E-state index is 0.0313. The van der Waals surface area contributed by atoms with Gasteiger partial charge in [0.25, 0.3) is 0 Å². The van der Waals surface area contributed by atoms with Crippen molar-refractivity contribution in [3.8, 4) is 5.75 Å². The van der Waals surface area contributed by atoms with Crippen LogP contribution in [0.3, 0.4) is 0 Å². The molecule has 0 amide bonds. The third kappa shape index (κ3) is 4.65. The Labute approximate surface area is 107 Å². The quantitative estimate of drug-likeness (QED) is 0.639. The molecule has 3 nitrogen and oxygen atoms in total. The van der Waals surface area contributed by atoms with Gasteiger partial charge in [0, 0.05) is 5.56 Å². The van der Waals surface area contributed by atoms with Gasteiger partial charge in [-0.3, -0.25) is 5.41 Å². The number of hydrogen-bond donors (Lipinski definition) is 2. The number of hydrogen-bond acceptors (Lipinski definition) is 2. The molecule has 0 aliphatic carbocycles. The second kappa shape index (κ2) is 5.41. The molecule has 3 N–H and O–H groups in total. The lowest BCUT2D eigenvalue weighted by Crippen LogP contribution is -2.12. The van der Waals surface area contributed by atoms with Gasteiger partial charge in [-0.05, 0) is 30.0 Å². The van der Waals surface area contributed by atoms with Gasteiger partial charge >= 0.3 is 0 Å². The van der Waals surface area contributed by atoms with Crippen molar-refractivity contribution >= 4 is 17.4 Å². The van der Waals surface area contributed by atoms with Crippen LogP contribution in [-0.4, -0.2) is 12.4 Å². The van der Waals surface area contributed by atoms with Crippen LogP contribution in [0.2, 0.25) is 5.02 Å². The average molecular weight is 255 g/mol. The Morgan fingerprint density at radius 2 is 2.06 bits per heavy atom. The normalized spacial score (nSPS) is 11.3. The van der Waals surface area contributed by atoms with E-state index in [1.54, 1.807) is 18.2 Å². The first-order chi connectivity index (χ1) is 7.79. The molecule has 0 aromatic heterocycles. The van der Waals surface area contributed by atoms with Crippen molar-refractivity contribution in [2.45, 2.75) is 27.2 Å². The standard InChI is InChI=1S/C13H19ClN2O/c1-13(2,3)6-7-17-9-4-5-10(12(15)16)11(14)8-9/h4-5,8H,6-7H2,1-3H3,(H3,15,16). The number of nitrogen functional groups attached to an aromatic ring is 1. The summed E-state index contributed by atoms with van der Waals surface area (Å²) in [6, 6.07) is 5.18. The Morgan fingerprint density at radius 3 is 2.53 bits per heavy atom. The molecule has 0 fully saturated rings. The second-order valence-electron chi connectivity index (χ2n) is 5.21. The lowest BCUT2D eigenvalue weighted by Gasteiger charge is -2.18. The highest BCUT2D eigenvalue weighted by molar-refractivity contribution is 6.34. The molecule has 1 aromatic carbocycles. The lowest BCUT2D eigenvalue weighted by atomic mass is 9.93. The molecule has 1 rings (SSSR count). The maximum absolute atomic E-state index is 7.32. The minimum atomic E-state index is -0.0313. The summed E-state index contributed by atoms with van der Waals surface area (Å²) >= 11 is 5.99. The molecule has 0 atom stereocenters. The third-order valence-electron chi connectivity index (χ3n) is 2.35. The predicted molar refractivity (Wildman–Crippen MR) is 72.0 cm³/mol. The molecule has 0 aliphatic rings. The number of nitrogens with two attached hydrogens (primary N) is 1. The van der Waals surface area contributed by atoms with E-state index in [0.29, 0.717) is 22.9 Å². The van der Waals surface area contributed by atoms with Crippen molar-refractivity contribution in [3.63, 3.8) is 0 Å². The predicted octanol–water partition coefficient (Wildman–Crippen LogP) is 3.44. The molecule has 94 valence electrons. The first kappa shape index (κ1) is 13.8. The monoisotopic (exact) mass is 254 g/mol. The Kier molecular flexibility index (Phi) is 4.40. The Bertz CT molecular complexity index is 410. The molecule has 0 saturated heterocycles. The van der Waals surface area contributed by atoms with Gasteiger partial charge in [0.2, 0.25) is 0 Å². The Hall–Kier alpha value is -1.22. The second-order valence-corrected chi connectivity index (χ2v) is 5.62. The highest BCUT2D eigenvalue weighted by atomic mass is 35.5. The number of benzene rings is 1. The van der Waals surface area contributed by atoms with E-state index in [9.17, 15) is 0 Å². The lowest BCUT2D eigenvalue weighted by molar-refractivity contribution is 0.243. The van der Waals surface area contributed by atoms with Crippen LogP contribution in [0.5, 0.6) is 5.75 Å². The van der Waals surface area contributed by atoms with E-state index in [1.807, 2.05) is 0 Å². The Morgan fingerprint density at radius 1 is 1.41 bits per heavy atom. The highest BCUT2D eigenvalue weighted by Crippen LogP contribution is 2.24. The van der Waals surface area contributed by atoms with E-state index in [4.69, 9.17) is 27.5 Å². The molecule has 4 heteroatoms. The summed E-state index contributed by atoms with van der Waals surface area (Å²) in [5, 5.41) is 7.77. The fourth-order valence-electron chi connectivity index (χ4n) is 1.28. The van der Waals surface area contributed by atoms with E-state index in [0.717, 1.165) is 6.42 Å². The van der Waals surface area contributed by atoms with Crippen molar-refractivity contribution in [2.75, 3.05) is 6.61 Å². The van der Waals surface area contributed by atoms with Gasteiger partial charge in [0.15, 0.2) is 0 Å². The summed E-state index contributed by atoms with van der Waals surface area (Å²) < 4.78 is 5.60. The molecule has 17 heavy (non-hydrogen) atoms.